The Kier molecular flexibility index (Phi) is 4.29. The van der Waals surface area contributed by atoms with E-state index >= 15 is 0 Å². The van der Waals surface area contributed by atoms with Crippen LogP contribution in [0.25, 0.3) is 11.1 Å². The van der Waals surface area contributed by atoms with Crippen molar-refractivity contribution in [2.45, 2.75) is 0 Å². The van der Waals surface area contributed by atoms with Gasteiger partial charge in [-0.2, -0.15) is 0 Å². The van der Waals surface area contributed by atoms with Crippen LogP contribution < -0.4 is 9.47 Å². The molecule has 2 aromatic carbocycles. The molecule has 5 heteroatoms. The van der Waals surface area contributed by atoms with Crippen molar-refractivity contribution in [1.82, 2.24) is 0 Å². The van der Waals surface area contributed by atoms with Crippen molar-refractivity contribution in [3.8, 4) is 22.6 Å². The van der Waals surface area contributed by atoms with E-state index in [-0.39, 0.29) is 5.56 Å². The Labute approximate surface area is 125 Å². The van der Waals surface area contributed by atoms with Gasteiger partial charge < -0.3 is 14.6 Å². The fourth-order valence-electron chi connectivity index (χ4n) is 2.03. The molecule has 20 heavy (non-hydrogen) atoms. The molecule has 0 unspecified atom stereocenters. The van der Waals surface area contributed by atoms with Crippen LogP contribution in [0, 0.1) is 0 Å². The maximum atomic E-state index is 11.4. The van der Waals surface area contributed by atoms with Crippen molar-refractivity contribution < 1.29 is 19.4 Å². The molecule has 2 rings (SSSR count). The average molecular weight is 337 g/mol. The summed E-state index contributed by atoms with van der Waals surface area (Å²) < 4.78 is 11.3. The maximum Gasteiger partial charge on any atom is 0.336 e. The van der Waals surface area contributed by atoms with Gasteiger partial charge in [0.25, 0.3) is 0 Å². The lowest BCUT2D eigenvalue weighted by Gasteiger charge is -2.15. The number of halogens is 1. The zero-order valence-corrected chi connectivity index (χ0v) is 12.6. The first-order chi connectivity index (χ1) is 9.58. The minimum Gasteiger partial charge on any atom is -0.496 e. The molecule has 0 fully saturated rings. The first kappa shape index (κ1) is 14.4. The lowest BCUT2D eigenvalue weighted by molar-refractivity contribution is 0.0697. The minimum atomic E-state index is -1.01. The molecular formula is C15H13BrO4. The molecular weight excluding hydrogens is 324 g/mol. The lowest BCUT2D eigenvalue weighted by atomic mass is 9.98. The van der Waals surface area contributed by atoms with Crippen LogP contribution in [0.15, 0.2) is 40.9 Å². The number of aromatic carboxylic acids is 1. The van der Waals surface area contributed by atoms with Gasteiger partial charge in [0, 0.05) is 10.0 Å². The highest BCUT2D eigenvalue weighted by atomic mass is 79.9. The molecule has 0 radical (unpaired) electrons. The Morgan fingerprint density at radius 2 is 1.70 bits per heavy atom. The molecule has 1 N–H and O–H groups in total. The third kappa shape index (κ3) is 2.63. The molecule has 4 nitrogen and oxygen atoms in total. The first-order valence-electron chi connectivity index (χ1n) is 5.82. The maximum absolute atomic E-state index is 11.4. The third-order valence-corrected chi connectivity index (χ3v) is 3.40. The van der Waals surface area contributed by atoms with Crippen LogP contribution in [0.5, 0.6) is 11.5 Å². The molecule has 0 heterocycles. The van der Waals surface area contributed by atoms with Crippen LogP contribution in [-0.4, -0.2) is 25.3 Å². The van der Waals surface area contributed by atoms with E-state index in [0.29, 0.717) is 27.1 Å². The number of hydrogen-bond acceptors (Lipinski definition) is 3. The van der Waals surface area contributed by atoms with E-state index in [2.05, 4.69) is 15.9 Å². The standard InChI is InChI=1S/C15H13BrO4/c1-19-12-4-3-5-13(20-2)14(12)10-7-6-9(16)8-11(10)15(17)18/h3-8H,1-2H3,(H,17,18). The molecule has 0 saturated heterocycles. The smallest absolute Gasteiger partial charge is 0.336 e. The van der Waals surface area contributed by atoms with Crippen LogP contribution in [0.3, 0.4) is 0 Å². The summed E-state index contributed by atoms with van der Waals surface area (Å²) in [6.45, 7) is 0. The van der Waals surface area contributed by atoms with Gasteiger partial charge in [-0.1, -0.05) is 28.1 Å². The van der Waals surface area contributed by atoms with Crippen molar-refractivity contribution in [2.75, 3.05) is 14.2 Å². The molecule has 0 aromatic heterocycles. The number of benzene rings is 2. The molecule has 0 aliphatic rings. The number of carboxylic acid groups (broad SMARTS) is 1. The zero-order chi connectivity index (χ0) is 14.7. The summed E-state index contributed by atoms with van der Waals surface area (Å²) in [7, 11) is 3.08. The first-order valence-corrected chi connectivity index (χ1v) is 6.62. The fraction of sp³-hybridized carbons (Fsp3) is 0.133. The van der Waals surface area contributed by atoms with E-state index in [9.17, 15) is 9.90 Å². The molecule has 0 amide bonds. The van der Waals surface area contributed by atoms with Gasteiger partial charge in [0.05, 0.1) is 25.3 Å². The molecule has 0 spiro atoms. The highest BCUT2D eigenvalue weighted by Gasteiger charge is 2.19. The minimum absolute atomic E-state index is 0.183. The summed E-state index contributed by atoms with van der Waals surface area (Å²) in [5.41, 5.74) is 1.36. The van der Waals surface area contributed by atoms with Gasteiger partial charge in [-0.05, 0) is 24.3 Å². The average Bonchev–Trinajstić information content (AvgIpc) is 2.46. The number of ether oxygens (including phenoxy) is 2. The van der Waals surface area contributed by atoms with E-state index in [0.717, 1.165) is 0 Å². The SMILES string of the molecule is COc1cccc(OC)c1-c1ccc(Br)cc1C(=O)O. The predicted octanol–water partition coefficient (Wildman–Crippen LogP) is 3.83. The molecule has 2 aromatic rings. The normalized spacial score (nSPS) is 10.2. The summed E-state index contributed by atoms with van der Waals surface area (Å²) in [4.78, 5) is 11.4. The summed E-state index contributed by atoms with van der Waals surface area (Å²) in [5.74, 6) is 0.123. The summed E-state index contributed by atoms with van der Waals surface area (Å²) in [6.07, 6.45) is 0. The highest BCUT2D eigenvalue weighted by Crippen LogP contribution is 2.40. The number of carbonyl (C=O) groups is 1. The van der Waals surface area contributed by atoms with E-state index in [1.807, 2.05) is 0 Å². The van der Waals surface area contributed by atoms with Gasteiger partial charge in [0.15, 0.2) is 0 Å². The summed E-state index contributed by atoms with van der Waals surface area (Å²) in [5, 5.41) is 9.38. The van der Waals surface area contributed by atoms with Crippen LogP contribution in [0.1, 0.15) is 10.4 Å². The summed E-state index contributed by atoms with van der Waals surface area (Å²) >= 11 is 3.28. The second-order valence-corrected chi connectivity index (χ2v) is 4.95. The number of carboxylic acids is 1. The van der Waals surface area contributed by atoms with E-state index in [1.54, 1.807) is 36.4 Å². The lowest BCUT2D eigenvalue weighted by Crippen LogP contribution is -2.02. The van der Waals surface area contributed by atoms with Crippen molar-refractivity contribution in [3.05, 3.63) is 46.4 Å². The quantitative estimate of drug-likeness (QED) is 0.921. The topological polar surface area (TPSA) is 55.8 Å². The van der Waals surface area contributed by atoms with Crippen molar-refractivity contribution in [2.24, 2.45) is 0 Å². The van der Waals surface area contributed by atoms with Crippen molar-refractivity contribution in [3.63, 3.8) is 0 Å². The third-order valence-electron chi connectivity index (χ3n) is 2.91. The predicted molar refractivity (Wildman–Crippen MR) is 79.6 cm³/mol. The molecule has 104 valence electrons. The Bertz CT molecular complexity index is 630. The highest BCUT2D eigenvalue weighted by molar-refractivity contribution is 9.10. The molecule has 0 saturated carbocycles. The monoisotopic (exact) mass is 336 g/mol. The molecule has 0 bridgehead atoms. The second kappa shape index (κ2) is 5.96. The van der Waals surface area contributed by atoms with Gasteiger partial charge in [0.1, 0.15) is 11.5 Å². The van der Waals surface area contributed by atoms with Crippen LogP contribution in [0.2, 0.25) is 0 Å². The second-order valence-electron chi connectivity index (χ2n) is 4.03. The van der Waals surface area contributed by atoms with E-state index in [1.165, 1.54) is 14.2 Å². The van der Waals surface area contributed by atoms with Crippen molar-refractivity contribution in [1.29, 1.82) is 0 Å². The number of methoxy groups -OCH3 is 2. The Morgan fingerprint density at radius 3 is 2.20 bits per heavy atom. The van der Waals surface area contributed by atoms with E-state index in [4.69, 9.17) is 9.47 Å². The van der Waals surface area contributed by atoms with Crippen molar-refractivity contribution >= 4 is 21.9 Å². The number of rotatable bonds is 4. The molecule has 0 atom stereocenters. The van der Waals surface area contributed by atoms with Crippen LogP contribution >= 0.6 is 15.9 Å². The zero-order valence-electron chi connectivity index (χ0n) is 11.0. The van der Waals surface area contributed by atoms with Gasteiger partial charge >= 0.3 is 5.97 Å². The molecule has 0 aliphatic carbocycles. The van der Waals surface area contributed by atoms with Gasteiger partial charge in [-0.25, -0.2) is 4.79 Å². The van der Waals surface area contributed by atoms with Crippen LogP contribution in [0.4, 0.5) is 0 Å². The fourth-order valence-corrected chi connectivity index (χ4v) is 2.39. The Balaban J connectivity index is 2.77. The Hall–Kier alpha value is -2.01. The Morgan fingerprint density at radius 1 is 1.10 bits per heavy atom. The van der Waals surface area contributed by atoms with Gasteiger partial charge in [-0.3, -0.25) is 0 Å². The van der Waals surface area contributed by atoms with Gasteiger partial charge in [-0.15, -0.1) is 0 Å². The van der Waals surface area contributed by atoms with Crippen LogP contribution in [-0.2, 0) is 0 Å². The number of hydrogen-bond donors (Lipinski definition) is 1. The van der Waals surface area contributed by atoms with Gasteiger partial charge in [0.2, 0.25) is 0 Å². The largest absolute Gasteiger partial charge is 0.496 e. The molecule has 0 aliphatic heterocycles. The van der Waals surface area contributed by atoms with E-state index < -0.39 is 5.97 Å². The summed E-state index contributed by atoms with van der Waals surface area (Å²) in [6, 6.07) is 10.4.